The summed E-state index contributed by atoms with van der Waals surface area (Å²) in [5, 5.41) is 12.8. The Morgan fingerprint density at radius 3 is 1.59 bits per heavy atom. The number of rotatable bonds is 17. The first-order chi connectivity index (χ1) is 13.7. The van der Waals surface area contributed by atoms with Crippen molar-refractivity contribution in [3.63, 3.8) is 0 Å². The molecule has 2 atom stereocenters. The van der Waals surface area contributed by atoms with Crippen molar-refractivity contribution in [3.8, 4) is 0 Å². The van der Waals surface area contributed by atoms with Gasteiger partial charge in [-0.3, -0.25) is 4.79 Å². The smallest absolute Gasteiger partial charge is 0.152 e. The summed E-state index contributed by atoms with van der Waals surface area (Å²) in [4.78, 5) is 22.2. The van der Waals surface area contributed by atoms with Crippen molar-refractivity contribution in [3.05, 3.63) is 0 Å². The Balaban J connectivity index is 0. The number of nitrogens with one attached hydrogen (secondary N) is 4. The highest BCUT2D eigenvalue weighted by Gasteiger charge is 2.18. The number of unbranched alkanes of at least 4 members (excludes halogenated alkanes) is 2. The van der Waals surface area contributed by atoms with E-state index in [4.69, 9.17) is 0 Å². The van der Waals surface area contributed by atoms with Gasteiger partial charge in [-0.15, -0.1) is 0 Å². The highest BCUT2D eigenvalue weighted by molar-refractivity contribution is 5.85. The molecule has 0 amide bonds. The number of carbonyl (C=O) groups is 2. The van der Waals surface area contributed by atoms with Crippen LogP contribution in [0.25, 0.3) is 0 Å². The van der Waals surface area contributed by atoms with Crippen LogP contribution in [-0.4, -0.2) is 63.4 Å². The molecule has 6 nitrogen and oxygen atoms in total. The van der Waals surface area contributed by atoms with Crippen LogP contribution in [0.1, 0.15) is 80.1 Å². The molecule has 6 heteroatoms. The number of carbonyl (C=O) groups excluding carboxylic acids is 2. The van der Waals surface area contributed by atoms with Crippen LogP contribution in [0.15, 0.2) is 0 Å². The summed E-state index contributed by atoms with van der Waals surface area (Å²) in [6, 6.07) is 1.20. The normalized spacial score (nSPS) is 13.3. The quantitative estimate of drug-likeness (QED) is 0.216. The lowest BCUT2D eigenvalue weighted by Gasteiger charge is -2.17. The van der Waals surface area contributed by atoms with Crippen LogP contribution in [0.2, 0.25) is 0 Å². The summed E-state index contributed by atoms with van der Waals surface area (Å²) < 4.78 is 0. The van der Waals surface area contributed by atoms with Crippen LogP contribution in [-0.2, 0) is 9.59 Å². The molecule has 0 radical (unpaired) electrons. The van der Waals surface area contributed by atoms with Crippen LogP contribution in [0, 0.1) is 5.92 Å². The number of ketones is 1. The van der Waals surface area contributed by atoms with Crippen LogP contribution in [0.5, 0.6) is 0 Å². The van der Waals surface area contributed by atoms with E-state index in [1.54, 1.807) is 0 Å². The molecule has 4 N–H and O–H groups in total. The van der Waals surface area contributed by atoms with Gasteiger partial charge in [-0.05, 0) is 52.9 Å². The van der Waals surface area contributed by atoms with Gasteiger partial charge in [0.2, 0.25) is 0 Å². The Hall–Kier alpha value is -0.820. The number of hydrogen-bond acceptors (Lipinski definition) is 6. The molecule has 0 aliphatic carbocycles. The Morgan fingerprint density at radius 2 is 1.24 bits per heavy atom. The van der Waals surface area contributed by atoms with Crippen LogP contribution < -0.4 is 21.3 Å². The lowest BCUT2D eigenvalue weighted by molar-refractivity contribution is -0.124. The second-order valence-electron chi connectivity index (χ2n) is 8.64. The lowest BCUT2D eigenvalue weighted by atomic mass is 9.97. The number of hydrogen-bond donors (Lipinski definition) is 4. The Morgan fingerprint density at radius 1 is 0.759 bits per heavy atom. The van der Waals surface area contributed by atoms with E-state index in [-0.39, 0.29) is 18.0 Å². The van der Waals surface area contributed by atoms with E-state index >= 15 is 0 Å². The minimum Gasteiger partial charge on any atom is -0.315 e. The maximum absolute atomic E-state index is 11.8. The number of likely N-dealkylation sites (N-methyl/N-ethyl adjacent to an activating group) is 2. The molecule has 0 heterocycles. The summed E-state index contributed by atoms with van der Waals surface area (Å²) in [6.07, 6.45) is 7.36. The first-order valence-electron chi connectivity index (χ1n) is 11.5. The molecule has 0 aliphatic heterocycles. The van der Waals surface area contributed by atoms with Crippen LogP contribution in [0.3, 0.4) is 0 Å². The van der Waals surface area contributed by atoms with Crippen molar-refractivity contribution in [1.29, 1.82) is 0 Å². The highest BCUT2D eigenvalue weighted by atomic mass is 16.1. The van der Waals surface area contributed by atoms with E-state index < -0.39 is 0 Å². The Kier molecular flexibility index (Phi) is 21.4. The van der Waals surface area contributed by atoms with Gasteiger partial charge in [0.25, 0.3) is 0 Å². The first kappa shape index (κ1) is 30.4. The van der Waals surface area contributed by atoms with Gasteiger partial charge in [-0.2, -0.15) is 0 Å². The zero-order valence-corrected chi connectivity index (χ0v) is 20.4. The van der Waals surface area contributed by atoms with Crippen molar-refractivity contribution in [2.45, 2.75) is 104 Å². The van der Waals surface area contributed by atoms with Gasteiger partial charge in [0, 0.05) is 18.0 Å². The van der Waals surface area contributed by atoms with Crippen molar-refractivity contribution in [2.24, 2.45) is 5.92 Å². The lowest BCUT2D eigenvalue weighted by Crippen LogP contribution is -2.36. The highest BCUT2D eigenvalue weighted by Crippen LogP contribution is 2.07. The molecule has 0 aromatic heterocycles. The maximum atomic E-state index is 11.8. The molecule has 29 heavy (non-hydrogen) atoms. The van der Waals surface area contributed by atoms with Gasteiger partial charge in [-0.25, -0.2) is 0 Å². The molecular weight excluding hydrogens is 364 g/mol. The summed E-state index contributed by atoms with van der Waals surface area (Å²) >= 11 is 0. The van der Waals surface area contributed by atoms with E-state index in [0.717, 1.165) is 57.9 Å². The predicted octanol–water partition coefficient (Wildman–Crippen LogP) is 2.91. The molecule has 174 valence electrons. The average molecular weight is 415 g/mol. The zero-order chi connectivity index (χ0) is 22.7. The Bertz CT molecular complexity index is 387. The fourth-order valence-corrected chi connectivity index (χ4v) is 2.86. The second kappa shape index (κ2) is 20.5. The van der Waals surface area contributed by atoms with Gasteiger partial charge in [0.05, 0.1) is 12.1 Å². The minimum atomic E-state index is 0.0408. The topological polar surface area (TPSA) is 82.3 Å². The predicted molar refractivity (Wildman–Crippen MR) is 126 cm³/mol. The third-order valence-electron chi connectivity index (χ3n) is 4.76. The molecule has 0 spiro atoms. The monoisotopic (exact) mass is 414 g/mol. The van der Waals surface area contributed by atoms with Gasteiger partial charge in [0.15, 0.2) is 5.78 Å². The van der Waals surface area contributed by atoms with Gasteiger partial charge in [0.1, 0.15) is 6.29 Å². The minimum absolute atomic E-state index is 0.0408. The van der Waals surface area contributed by atoms with Crippen LogP contribution >= 0.6 is 0 Å². The van der Waals surface area contributed by atoms with Crippen molar-refractivity contribution >= 4 is 12.1 Å². The van der Waals surface area contributed by atoms with E-state index in [0.29, 0.717) is 17.9 Å². The third-order valence-corrected chi connectivity index (χ3v) is 4.76. The first-order valence-corrected chi connectivity index (χ1v) is 11.5. The van der Waals surface area contributed by atoms with Crippen LogP contribution in [0.4, 0.5) is 0 Å². The fraction of sp³-hybridized carbons (Fsp3) is 0.913. The van der Waals surface area contributed by atoms with E-state index in [2.05, 4.69) is 49.0 Å². The molecule has 0 fully saturated rings. The molecule has 2 unspecified atom stereocenters. The summed E-state index contributed by atoms with van der Waals surface area (Å²) in [5.41, 5.74) is 0. The number of aldehydes is 1. The average Bonchev–Trinajstić information content (AvgIpc) is 2.67. The molecule has 0 bridgehead atoms. The molecule has 0 saturated carbocycles. The van der Waals surface area contributed by atoms with Gasteiger partial charge >= 0.3 is 0 Å². The molecular formula is C23H50N4O2. The molecule has 0 aromatic carbocycles. The summed E-state index contributed by atoms with van der Waals surface area (Å²) in [5.74, 6) is 0.463. The van der Waals surface area contributed by atoms with Crippen molar-refractivity contribution in [1.82, 2.24) is 21.3 Å². The SMILES string of the molecule is CNC(C=O)CCCCNC(C)C.CNC(CCCCNC(C)C)C(=O)C(C)C. The summed E-state index contributed by atoms with van der Waals surface area (Å²) in [7, 11) is 3.70. The zero-order valence-electron chi connectivity index (χ0n) is 20.4. The van der Waals surface area contributed by atoms with Gasteiger partial charge < -0.3 is 26.1 Å². The molecule has 0 aromatic rings. The van der Waals surface area contributed by atoms with E-state index in [1.807, 2.05) is 27.9 Å². The maximum Gasteiger partial charge on any atom is 0.152 e. The van der Waals surface area contributed by atoms with Gasteiger partial charge in [-0.1, -0.05) is 54.4 Å². The third kappa shape index (κ3) is 20.2. The van der Waals surface area contributed by atoms with Crippen molar-refractivity contribution in [2.75, 3.05) is 27.2 Å². The molecule has 0 aliphatic rings. The standard InChI is InChI=1S/C13H28N2O.C10H22N2O/c1-10(2)13(16)12(14-5)8-6-7-9-15-11(3)4;1-9(2)12-7-5-4-6-10(8-13)11-3/h10-12,14-15H,6-9H2,1-5H3;8-12H,4-7H2,1-3H3. The Labute approximate surface area is 180 Å². The van der Waals surface area contributed by atoms with Crippen molar-refractivity contribution < 1.29 is 9.59 Å². The largest absolute Gasteiger partial charge is 0.315 e. The van der Waals surface area contributed by atoms with E-state index in [9.17, 15) is 9.59 Å². The summed E-state index contributed by atoms with van der Waals surface area (Å²) in [6.45, 7) is 14.6. The fourth-order valence-electron chi connectivity index (χ4n) is 2.86. The number of Topliss-reactive ketones (excluding diaryl/α,β-unsaturated/α-hetero) is 1. The molecule has 0 rings (SSSR count). The van der Waals surface area contributed by atoms with E-state index in [1.165, 1.54) is 0 Å². The molecule has 0 saturated heterocycles. The second-order valence-corrected chi connectivity index (χ2v) is 8.64.